The standard InChI is InChI=1S/C19H23N5O4S/c1-3-16-20-23(18(26)14-11-15-13(24(14)16)5-10-29-15)12-17(25)21-6-8-22(9-7-21)19(27)28-4-2/h5,10-11H,3-4,6-9,12H2,1-2H3. The molecule has 0 aliphatic carbocycles. The highest BCUT2D eigenvalue weighted by Gasteiger charge is 2.25. The Morgan fingerprint density at radius 2 is 1.86 bits per heavy atom. The van der Waals surface area contributed by atoms with Gasteiger partial charge in [0, 0.05) is 32.6 Å². The first-order valence-corrected chi connectivity index (χ1v) is 10.6. The third-order valence-electron chi connectivity index (χ3n) is 5.13. The molecule has 29 heavy (non-hydrogen) atoms. The van der Waals surface area contributed by atoms with E-state index in [-0.39, 0.29) is 24.1 Å². The van der Waals surface area contributed by atoms with E-state index in [1.54, 1.807) is 28.1 Å². The van der Waals surface area contributed by atoms with E-state index in [4.69, 9.17) is 4.74 Å². The number of nitrogens with zero attached hydrogens (tertiary/aromatic N) is 5. The van der Waals surface area contributed by atoms with Crippen molar-refractivity contribution in [2.45, 2.75) is 26.8 Å². The molecule has 0 saturated carbocycles. The number of rotatable bonds is 4. The molecule has 0 radical (unpaired) electrons. The van der Waals surface area contributed by atoms with E-state index in [1.165, 1.54) is 4.68 Å². The van der Waals surface area contributed by atoms with Crippen LogP contribution in [-0.4, -0.2) is 68.8 Å². The minimum Gasteiger partial charge on any atom is -0.450 e. The van der Waals surface area contributed by atoms with Crippen molar-refractivity contribution in [3.63, 3.8) is 0 Å². The van der Waals surface area contributed by atoms with E-state index in [2.05, 4.69) is 5.10 Å². The van der Waals surface area contributed by atoms with Gasteiger partial charge in [-0.2, -0.15) is 5.10 Å². The first-order chi connectivity index (χ1) is 14.0. The summed E-state index contributed by atoms with van der Waals surface area (Å²) in [4.78, 5) is 40.8. The lowest BCUT2D eigenvalue weighted by molar-refractivity contribution is -0.133. The Morgan fingerprint density at radius 1 is 1.14 bits per heavy atom. The average molecular weight is 417 g/mol. The van der Waals surface area contributed by atoms with Gasteiger partial charge in [0.15, 0.2) is 0 Å². The van der Waals surface area contributed by atoms with Gasteiger partial charge >= 0.3 is 6.09 Å². The number of carbonyl (C=O) groups excluding carboxylic acids is 2. The Labute approximate surface area is 171 Å². The van der Waals surface area contributed by atoms with Gasteiger partial charge in [-0.3, -0.25) is 14.0 Å². The number of ether oxygens (including phenoxy) is 1. The van der Waals surface area contributed by atoms with E-state index < -0.39 is 0 Å². The van der Waals surface area contributed by atoms with E-state index >= 15 is 0 Å². The molecule has 1 fully saturated rings. The molecule has 0 atom stereocenters. The quantitative estimate of drug-likeness (QED) is 0.643. The predicted octanol–water partition coefficient (Wildman–Crippen LogP) is 1.57. The lowest BCUT2D eigenvalue weighted by atomic mass is 10.3. The number of fused-ring (bicyclic) bond motifs is 3. The van der Waals surface area contributed by atoms with E-state index in [0.717, 1.165) is 16.0 Å². The molecule has 154 valence electrons. The zero-order valence-electron chi connectivity index (χ0n) is 16.5. The highest BCUT2D eigenvalue weighted by Crippen LogP contribution is 2.24. The number of aromatic nitrogens is 3. The molecule has 9 nitrogen and oxygen atoms in total. The molecule has 1 saturated heterocycles. The second kappa shape index (κ2) is 7.86. The number of piperazine rings is 1. The number of carbonyl (C=O) groups is 2. The van der Waals surface area contributed by atoms with Crippen molar-refractivity contribution in [1.82, 2.24) is 24.0 Å². The fraction of sp³-hybridized carbons (Fsp3) is 0.474. The van der Waals surface area contributed by atoms with Crippen LogP contribution < -0.4 is 5.56 Å². The van der Waals surface area contributed by atoms with Gasteiger partial charge in [-0.25, -0.2) is 9.48 Å². The second-order valence-electron chi connectivity index (χ2n) is 6.83. The van der Waals surface area contributed by atoms with Crippen molar-refractivity contribution < 1.29 is 14.3 Å². The summed E-state index contributed by atoms with van der Waals surface area (Å²) in [7, 11) is 0. The Hall–Kier alpha value is -2.88. The van der Waals surface area contributed by atoms with Crippen LogP contribution in [0, 0.1) is 0 Å². The fourth-order valence-electron chi connectivity index (χ4n) is 3.64. The van der Waals surface area contributed by atoms with Crippen molar-refractivity contribution in [3.05, 3.63) is 33.7 Å². The maximum Gasteiger partial charge on any atom is 0.409 e. The van der Waals surface area contributed by atoms with Gasteiger partial charge in [0.25, 0.3) is 5.56 Å². The molecule has 0 unspecified atom stereocenters. The molecular weight excluding hydrogens is 394 g/mol. The van der Waals surface area contributed by atoms with Crippen LogP contribution in [0.3, 0.4) is 0 Å². The summed E-state index contributed by atoms with van der Waals surface area (Å²) < 4.78 is 9.17. The van der Waals surface area contributed by atoms with E-state index in [0.29, 0.717) is 44.7 Å². The molecule has 4 rings (SSSR count). The summed E-state index contributed by atoms with van der Waals surface area (Å²) in [6, 6.07) is 3.84. The number of aryl methyl sites for hydroxylation is 1. The van der Waals surface area contributed by atoms with Gasteiger partial charge < -0.3 is 14.5 Å². The highest BCUT2D eigenvalue weighted by atomic mass is 32.1. The minimum atomic E-state index is -0.358. The van der Waals surface area contributed by atoms with Crippen LogP contribution in [0.1, 0.15) is 19.7 Å². The first-order valence-electron chi connectivity index (χ1n) is 9.71. The maximum atomic E-state index is 12.9. The van der Waals surface area contributed by atoms with Crippen molar-refractivity contribution in [1.29, 1.82) is 0 Å². The van der Waals surface area contributed by atoms with Crippen LogP contribution in [0.15, 0.2) is 22.3 Å². The molecule has 0 aromatic carbocycles. The molecular formula is C19H23N5O4S. The minimum absolute atomic E-state index is 0.111. The van der Waals surface area contributed by atoms with Crippen LogP contribution in [0.4, 0.5) is 4.79 Å². The number of thiophene rings is 1. The fourth-order valence-corrected chi connectivity index (χ4v) is 4.44. The molecule has 4 heterocycles. The van der Waals surface area contributed by atoms with Gasteiger partial charge in [0.05, 0.1) is 16.8 Å². The van der Waals surface area contributed by atoms with E-state index in [9.17, 15) is 14.4 Å². The molecule has 3 aromatic heterocycles. The van der Waals surface area contributed by atoms with Crippen LogP contribution in [-0.2, 0) is 22.5 Å². The summed E-state index contributed by atoms with van der Waals surface area (Å²) in [5.41, 5.74) is 1.24. The third-order valence-corrected chi connectivity index (χ3v) is 5.98. The lowest BCUT2D eigenvalue weighted by Crippen LogP contribution is -2.52. The maximum absolute atomic E-state index is 12.9. The first kappa shape index (κ1) is 19.4. The van der Waals surface area contributed by atoms with Crippen molar-refractivity contribution in [2.75, 3.05) is 32.8 Å². The second-order valence-corrected chi connectivity index (χ2v) is 7.78. The summed E-state index contributed by atoms with van der Waals surface area (Å²) in [5.74, 6) is 0.566. The molecule has 0 N–H and O–H groups in total. The van der Waals surface area contributed by atoms with Gasteiger partial charge in [-0.1, -0.05) is 6.92 Å². The van der Waals surface area contributed by atoms with Crippen LogP contribution in [0.25, 0.3) is 15.7 Å². The van der Waals surface area contributed by atoms with Crippen LogP contribution >= 0.6 is 11.3 Å². The Morgan fingerprint density at radius 3 is 2.55 bits per heavy atom. The SMILES string of the molecule is CCOC(=O)N1CCN(C(=O)Cn2nc(CC)n3c(cc4sccc43)c2=O)CC1. The predicted molar refractivity (Wildman–Crippen MR) is 109 cm³/mol. The van der Waals surface area contributed by atoms with Crippen molar-refractivity contribution in [2.24, 2.45) is 0 Å². The smallest absolute Gasteiger partial charge is 0.409 e. The Balaban J connectivity index is 1.54. The summed E-state index contributed by atoms with van der Waals surface area (Å²) in [6.07, 6.45) is 0.284. The molecule has 2 amide bonds. The molecule has 1 aliphatic rings. The summed E-state index contributed by atoms with van der Waals surface area (Å²) in [5, 5.41) is 6.45. The number of amides is 2. The van der Waals surface area contributed by atoms with Crippen molar-refractivity contribution >= 4 is 39.1 Å². The molecule has 1 aliphatic heterocycles. The topological polar surface area (TPSA) is 89.2 Å². The van der Waals surface area contributed by atoms with Gasteiger partial charge in [-0.15, -0.1) is 11.3 Å². The number of hydrogen-bond acceptors (Lipinski definition) is 6. The zero-order valence-corrected chi connectivity index (χ0v) is 17.3. The Bertz CT molecular complexity index is 1120. The zero-order chi connectivity index (χ0) is 20.5. The molecule has 10 heteroatoms. The largest absolute Gasteiger partial charge is 0.450 e. The highest BCUT2D eigenvalue weighted by molar-refractivity contribution is 7.17. The third kappa shape index (κ3) is 3.48. The summed E-state index contributed by atoms with van der Waals surface area (Å²) >= 11 is 1.57. The molecule has 0 bridgehead atoms. The van der Waals surface area contributed by atoms with Crippen molar-refractivity contribution in [3.8, 4) is 0 Å². The normalized spacial score (nSPS) is 14.7. The van der Waals surface area contributed by atoms with Crippen LogP contribution in [0.2, 0.25) is 0 Å². The monoisotopic (exact) mass is 417 g/mol. The summed E-state index contributed by atoms with van der Waals surface area (Å²) in [6.45, 7) is 5.62. The van der Waals surface area contributed by atoms with Gasteiger partial charge in [-0.05, 0) is 24.4 Å². The molecule has 3 aromatic rings. The molecule has 0 spiro atoms. The number of hydrogen-bond donors (Lipinski definition) is 0. The van der Waals surface area contributed by atoms with Crippen LogP contribution in [0.5, 0.6) is 0 Å². The van der Waals surface area contributed by atoms with E-state index in [1.807, 2.05) is 28.8 Å². The van der Waals surface area contributed by atoms with Gasteiger partial charge in [0.2, 0.25) is 5.91 Å². The lowest BCUT2D eigenvalue weighted by Gasteiger charge is -2.34. The Kier molecular flexibility index (Phi) is 5.27. The van der Waals surface area contributed by atoms with Gasteiger partial charge in [0.1, 0.15) is 17.9 Å². The average Bonchev–Trinajstić information content (AvgIpc) is 3.32.